The van der Waals surface area contributed by atoms with Gasteiger partial charge in [0.25, 0.3) is 0 Å². The summed E-state index contributed by atoms with van der Waals surface area (Å²) < 4.78 is 0. The third kappa shape index (κ3) is 3.69. The van der Waals surface area contributed by atoms with E-state index in [4.69, 9.17) is 0 Å². The molecule has 0 aromatic rings. The Labute approximate surface area is 105 Å². The van der Waals surface area contributed by atoms with Gasteiger partial charge in [0, 0.05) is 11.3 Å². The molecule has 0 aromatic heterocycles. The summed E-state index contributed by atoms with van der Waals surface area (Å²) in [6, 6.07) is 0.548. The lowest BCUT2D eigenvalue weighted by Crippen LogP contribution is -2.36. The Morgan fingerprint density at radius 1 is 1.31 bits per heavy atom. The first-order valence-electron chi connectivity index (χ1n) is 6.56. The molecule has 2 unspecified atom stereocenters. The summed E-state index contributed by atoms with van der Waals surface area (Å²) in [4.78, 5) is 4.60. The van der Waals surface area contributed by atoms with Gasteiger partial charge in [0.2, 0.25) is 0 Å². The van der Waals surface area contributed by atoms with Crippen molar-refractivity contribution in [2.75, 3.05) is 6.54 Å². The van der Waals surface area contributed by atoms with Gasteiger partial charge >= 0.3 is 0 Å². The van der Waals surface area contributed by atoms with Crippen LogP contribution in [0.5, 0.6) is 0 Å². The van der Waals surface area contributed by atoms with Gasteiger partial charge in [-0.2, -0.15) is 0 Å². The summed E-state index contributed by atoms with van der Waals surface area (Å²) in [6.07, 6.45) is 2.49. The van der Waals surface area contributed by atoms with Crippen LogP contribution in [0.3, 0.4) is 0 Å². The highest BCUT2D eigenvalue weighted by atomic mass is 32.2. The molecule has 2 nitrogen and oxygen atoms in total. The lowest BCUT2D eigenvalue weighted by atomic mass is 9.96. The predicted octanol–water partition coefficient (Wildman–Crippen LogP) is 3.53. The highest BCUT2D eigenvalue weighted by Crippen LogP contribution is 2.26. The largest absolute Gasteiger partial charge is 0.362 e. The molecular weight excluding hydrogens is 216 g/mol. The Morgan fingerprint density at radius 3 is 2.38 bits per heavy atom. The van der Waals surface area contributed by atoms with Gasteiger partial charge in [-0.15, -0.1) is 0 Å². The summed E-state index contributed by atoms with van der Waals surface area (Å²) in [7, 11) is 0. The van der Waals surface area contributed by atoms with Crippen molar-refractivity contribution in [2.45, 2.75) is 58.8 Å². The topological polar surface area (TPSA) is 24.4 Å². The van der Waals surface area contributed by atoms with Crippen LogP contribution in [0, 0.1) is 11.8 Å². The molecule has 1 rings (SSSR count). The second-order valence-electron chi connectivity index (χ2n) is 5.06. The molecule has 16 heavy (non-hydrogen) atoms. The van der Waals surface area contributed by atoms with Crippen molar-refractivity contribution >= 4 is 16.9 Å². The first-order valence-corrected chi connectivity index (χ1v) is 7.44. The number of nitrogens with zero attached hydrogens (tertiary/aromatic N) is 1. The average molecular weight is 242 g/mol. The number of hydrogen-bond donors (Lipinski definition) is 1. The van der Waals surface area contributed by atoms with E-state index in [9.17, 15) is 0 Å². The summed E-state index contributed by atoms with van der Waals surface area (Å²) in [5, 5.41) is 5.42. The molecule has 0 saturated heterocycles. The highest BCUT2D eigenvalue weighted by Gasteiger charge is 2.24. The molecule has 94 valence electrons. The Bertz CT molecular complexity index is 234. The van der Waals surface area contributed by atoms with Gasteiger partial charge in [0.1, 0.15) is 0 Å². The standard InChI is InChI=1S/C13H26N2S/c1-6-11(7-2)10(5)15-13-14-8-12(16-13)9(3)4/h9-12H,6-8H2,1-5H3,(H,14,15). The van der Waals surface area contributed by atoms with Crippen LogP contribution in [0.2, 0.25) is 0 Å². The molecule has 0 fully saturated rings. The number of nitrogens with one attached hydrogen (secondary N) is 1. The molecule has 1 aliphatic rings. The summed E-state index contributed by atoms with van der Waals surface area (Å²) in [5.41, 5.74) is 0. The Morgan fingerprint density at radius 2 is 1.94 bits per heavy atom. The lowest BCUT2D eigenvalue weighted by Gasteiger charge is -2.23. The first-order chi connectivity index (χ1) is 7.58. The molecular formula is C13H26N2S. The number of amidine groups is 1. The third-order valence-corrected chi connectivity index (χ3v) is 4.99. The molecule has 2 atom stereocenters. The van der Waals surface area contributed by atoms with Gasteiger partial charge in [-0.25, -0.2) is 0 Å². The molecule has 1 heterocycles. The SMILES string of the molecule is CCC(CC)C(C)NC1=NCC(C(C)C)S1. The molecule has 1 aliphatic heterocycles. The minimum atomic E-state index is 0.548. The van der Waals surface area contributed by atoms with E-state index in [2.05, 4.69) is 44.9 Å². The van der Waals surface area contributed by atoms with E-state index in [1.54, 1.807) is 0 Å². The van der Waals surface area contributed by atoms with Crippen LogP contribution in [0.4, 0.5) is 0 Å². The number of hydrogen-bond acceptors (Lipinski definition) is 3. The van der Waals surface area contributed by atoms with Crippen molar-refractivity contribution in [1.82, 2.24) is 5.32 Å². The van der Waals surface area contributed by atoms with Crippen LogP contribution >= 0.6 is 11.8 Å². The van der Waals surface area contributed by atoms with Crippen molar-refractivity contribution in [3.8, 4) is 0 Å². The van der Waals surface area contributed by atoms with E-state index in [0.29, 0.717) is 11.3 Å². The maximum atomic E-state index is 4.60. The number of rotatable bonds is 5. The third-order valence-electron chi connectivity index (χ3n) is 3.53. The van der Waals surface area contributed by atoms with Crippen molar-refractivity contribution in [1.29, 1.82) is 0 Å². The molecule has 3 heteroatoms. The fraction of sp³-hybridized carbons (Fsp3) is 0.923. The summed E-state index contributed by atoms with van der Waals surface area (Å²) in [6.45, 7) is 12.4. The zero-order chi connectivity index (χ0) is 12.1. The second-order valence-corrected chi connectivity index (χ2v) is 6.28. The summed E-state index contributed by atoms with van der Waals surface area (Å²) in [5.74, 6) is 1.48. The molecule has 0 aromatic carbocycles. The van der Waals surface area contributed by atoms with Gasteiger partial charge in [-0.05, 0) is 18.8 Å². The van der Waals surface area contributed by atoms with Crippen LogP contribution in [-0.4, -0.2) is 23.0 Å². The Balaban J connectivity index is 2.39. The van der Waals surface area contributed by atoms with Crippen LogP contribution in [0.15, 0.2) is 4.99 Å². The Hall–Kier alpha value is -0.180. The van der Waals surface area contributed by atoms with Crippen molar-refractivity contribution in [2.24, 2.45) is 16.8 Å². The van der Waals surface area contributed by atoms with Crippen molar-refractivity contribution in [3.63, 3.8) is 0 Å². The number of thioether (sulfide) groups is 1. The van der Waals surface area contributed by atoms with E-state index in [0.717, 1.165) is 23.5 Å². The van der Waals surface area contributed by atoms with E-state index < -0.39 is 0 Å². The van der Waals surface area contributed by atoms with Crippen molar-refractivity contribution < 1.29 is 0 Å². The molecule has 0 aliphatic carbocycles. The van der Waals surface area contributed by atoms with Crippen LogP contribution in [0.25, 0.3) is 0 Å². The molecule has 1 N–H and O–H groups in total. The van der Waals surface area contributed by atoms with E-state index in [1.165, 1.54) is 12.8 Å². The maximum absolute atomic E-state index is 4.60. The monoisotopic (exact) mass is 242 g/mol. The molecule has 0 amide bonds. The van der Waals surface area contributed by atoms with Crippen LogP contribution < -0.4 is 5.32 Å². The van der Waals surface area contributed by atoms with E-state index >= 15 is 0 Å². The first kappa shape index (κ1) is 13.9. The maximum Gasteiger partial charge on any atom is 0.157 e. The molecule has 0 spiro atoms. The summed E-state index contributed by atoms with van der Waals surface area (Å²) >= 11 is 1.92. The minimum Gasteiger partial charge on any atom is -0.362 e. The molecule has 0 radical (unpaired) electrons. The van der Waals surface area contributed by atoms with E-state index in [-0.39, 0.29) is 0 Å². The van der Waals surface area contributed by atoms with Crippen molar-refractivity contribution in [3.05, 3.63) is 0 Å². The van der Waals surface area contributed by atoms with Crippen LogP contribution in [0.1, 0.15) is 47.5 Å². The molecule has 0 bridgehead atoms. The number of aliphatic imine (C=N–C) groups is 1. The zero-order valence-corrected chi connectivity index (χ0v) is 12.1. The highest BCUT2D eigenvalue weighted by molar-refractivity contribution is 8.14. The van der Waals surface area contributed by atoms with Gasteiger partial charge in [0.05, 0.1) is 6.54 Å². The smallest absolute Gasteiger partial charge is 0.157 e. The van der Waals surface area contributed by atoms with Gasteiger partial charge < -0.3 is 5.32 Å². The van der Waals surface area contributed by atoms with Gasteiger partial charge in [-0.3, -0.25) is 4.99 Å². The minimum absolute atomic E-state index is 0.548. The van der Waals surface area contributed by atoms with Gasteiger partial charge in [0.15, 0.2) is 5.17 Å². The Kier molecular flexibility index (Phi) is 5.67. The van der Waals surface area contributed by atoms with Gasteiger partial charge in [-0.1, -0.05) is 52.3 Å². The average Bonchev–Trinajstić information content (AvgIpc) is 2.68. The molecule has 0 saturated carbocycles. The zero-order valence-electron chi connectivity index (χ0n) is 11.3. The normalized spacial score (nSPS) is 22.7. The second kappa shape index (κ2) is 6.53. The fourth-order valence-corrected chi connectivity index (χ4v) is 3.24. The van der Waals surface area contributed by atoms with E-state index in [1.807, 2.05) is 11.8 Å². The fourth-order valence-electron chi connectivity index (χ4n) is 2.13. The lowest BCUT2D eigenvalue weighted by molar-refractivity contribution is 0.392. The quantitative estimate of drug-likeness (QED) is 0.797. The van der Waals surface area contributed by atoms with Crippen LogP contribution in [-0.2, 0) is 0 Å². The predicted molar refractivity (Wildman–Crippen MR) is 75.2 cm³/mol.